The number of anilines is 1. The monoisotopic (exact) mass is 248 g/mol. The van der Waals surface area contributed by atoms with Crippen molar-refractivity contribution in [2.24, 2.45) is 0 Å². The molecule has 0 bridgehead atoms. The minimum atomic E-state index is 0.363. The van der Waals surface area contributed by atoms with E-state index in [4.69, 9.17) is 17.3 Å². The molecule has 0 aromatic carbocycles. The molecule has 0 aliphatic heterocycles. The summed E-state index contributed by atoms with van der Waals surface area (Å²) in [6.45, 7) is 4.13. The highest BCUT2D eigenvalue weighted by atomic mass is 79.9. The Bertz CT molecular complexity index is 299. The van der Waals surface area contributed by atoms with E-state index in [1.165, 1.54) is 0 Å². The minimum absolute atomic E-state index is 0.363. The lowest BCUT2D eigenvalue weighted by Crippen LogP contribution is -1.99. The zero-order valence-electron chi connectivity index (χ0n) is 6.94. The Morgan fingerprint density at radius 1 is 1.58 bits per heavy atom. The number of hydrogen-bond donors (Lipinski definition) is 1. The third-order valence-electron chi connectivity index (χ3n) is 1.63. The molecule has 0 saturated carbocycles. The Balaban J connectivity index is 3.28. The molecule has 0 spiro atoms. The molecule has 4 heteroatoms. The number of nitrogens with zero attached hydrogens (tertiary/aromatic N) is 1. The maximum atomic E-state index is 5.80. The molecule has 0 atom stereocenters. The van der Waals surface area contributed by atoms with Gasteiger partial charge in [-0.3, -0.25) is 0 Å². The summed E-state index contributed by atoms with van der Waals surface area (Å²) in [5.74, 6) is 0.363. The molecule has 0 unspecified atom stereocenters. The molecule has 12 heavy (non-hydrogen) atoms. The summed E-state index contributed by atoms with van der Waals surface area (Å²) in [6.07, 6.45) is 0. The SMILES string of the molecule is CC(C)c1cc(Br)nc(Cl)c1N. The van der Waals surface area contributed by atoms with E-state index < -0.39 is 0 Å². The van der Waals surface area contributed by atoms with Crippen LogP contribution in [0.15, 0.2) is 10.7 Å². The van der Waals surface area contributed by atoms with Crippen LogP contribution in [0.1, 0.15) is 25.3 Å². The van der Waals surface area contributed by atoms with Crippen molar-refractivity contribution in [2.45, 2.75) is 19.8 Å². The molecular weight excluding hydrogens is 239 g/mol. The van der Waals surface area contributed by atoms with Crippen molar-refractivity contribution in [1.82, 2.24) is 4.98 Å². The fourth-order valence-corrected chi connectivity index (χ4v) is 1.72. The van der Waals surface area contributed by atoms with Crippen molar-refractivity contribution in [3.8, 4) is 0 Å². The molecule has 0 amide bonds. The second-order valence-corrected chi connectivity index (χ2v) is 4.06. The van der Waals surface area contributed by atoms with Gasteiger partial charge in [0.05, 0.1) is 5.69 Å². The molecule has 1 heterocycles. The summed E-state index contributed by atoms with van der Waals surface area (Å²) in [4.78, 5) is 3.97. The van der Waals surface area contributed by atoms with Gasteiger partial charge in [0.2, 0.25) is 0 Å². The van der Waals surface area contributed by atoms with Crippen LogP contribution in [0.25, 0.3) is 0 Å². The van der Waals surface area contributed by atoms with Crippen molar-refractivity contribution in [3.05, 3.63) is 21.4 Å². The van der Waals surface area contributed by atoms with Crippen molar-refractivity contribution in [3.63, 3.8) is 0 Å². The van der Waals surface area contributed by atoms with E-state index >= 15 is 0 Å². The molecule has 0 aliphatic rings. The number of hydrogen-bond acceptors (Lipinski definition) is 2. The van der Waals surface area contributed by atoms with Crippen molar-refractivity contribution >= 4 is 33.2 Å². The fraction of sp³-hybridized carbons (Fsp3) is 0.375. The number of pyridine rings is 1. The quantitative estimate of drug-likeness (QED) is 0.776. The molecular formula is C8H10BrClN2. The molecule has 0 aliphatic carbocycles. The maximum Gasteiger partial charge on any atom is 0.153 e. The minimum Gasteiger partial charge on any atom is -0.396 e. The van der Waals surface area contributed by atoms with E-state index in [-0.39, 0.29) is 0 Å². The van der Waals surface area contributed by atoms with Crippen molar-refractivity contribution in [1.29, 1.82) is 0 Å². The zero-order chi connectivity index (χ0) is 9.30. The van der Waals surface area contributed by atoms with Crippen LogP contribution in [-0.2, 0) is 0 Å². The third kappa shape index (κ3) is 1.90. The van der Waals surface area contributed by atoms with Gasteiger partial charge >= 0.3 is 0 Å². The van der Waals surface area contributed by atoms with Gasteiger partial charge in [0.1, 0.15) is 4.60 Å². The Morgan fingerprint density at radius 3 is 2.67 bits per heavy atom. The van der Waals surface area contributed by atoms with Crippen LogP contribution in [0.3, 0.4) is 0 Å². The first-order chi connectivity index (χ1) is 5.52. The molecule has 0 fully saturated rings. The normalized spacial score (nSPS) is 10.8. The number of nitrogen functional groups attached to an aromatic ring is 1. The van der Waals surface area contributed by atoms with Gasteiger partial charge < -0.3 is 5.73 Å². The van der Waals surface area contributed by atoms with Gasteiger partial charge in [-0.25, -0.2) is 4.98 Å². The zero-order valence-corrected chi connectivity index (χ0v) is 9.28. The molecule has 2 nitrogen and oxygen atoms in total. The van der Waals surface area contributed by atoms with Crippen LogP contribution in [-0.4, -0.2) is 4.98 Å². The lowest BCUT2D eigenvalue weighted by atomic mass is 10.0. The Kier molecular flexibility index (Phi) is 2.96. The van der Waals surface area contributed by atoms with Crippen LogP contribution in [0.4, 0.5) is 5.69 Å². The van der Waals surface area contributed by atoms with Crippen molar-refractivity contribution in [2.75, 3.05) is 5.73 Å². The van der Waals surface area contributed by atoms with E-state index in [1.807, 2.05) is 6.07 Å². The van der Waals surface area contributed by atoms with Gasteiger partial charge in [-0.2, -0.15) is 0 Å². The van der Waals surface area contributed by atoms with Gasteiger partial charge in [0, 0.05) is 0 Å². The number of aromatic nitrogens is 1. The number of nitrogens with two attached hydrogens (primary N) is 1. The summed E-state index contributed by atoms with van der Waals surface area (Å²) in [5.41, 5.74) is 7.35. The number of halogens is 2. The van der Waals surface area contributed by atoms with E-state index in [0.717, 1.165) is 10.2 Å². The Labute approximate surface area is 85.3 Å². The molecule has 1 rings (SSSR count). The molecule has 66 valence electrons. The smallest absolute Gasteiger partial charge is 0.153 e. The standard InChI is InChI=1S/C8H10BrClN2/c1-4(2)5-3-6(9)12-8(10)7(5)11/h3-4H,11H2,1-2H3. The maximum absolute atomic E-state index is 5.80. The van der Waals surface area contributed by atoms with Crippen molar-refractivity contribution < 1.29 is 0 Å². The predicted molar refractivity (Wildman–Crippen MR) is 55.4 cm³/mol. The van der Waals surface area contributed by atoms with E-state index in [1.54, 1.807) is 0 Å². The first kappa shape index (κ1) is 9.81. The lowest BCUT2D eigenvalue weighted by Gasteiger charge is -2.10. The average Bonchev–Trinajstić information content (AvgIpc) is 1.96. The molecule has 1 aromatic heterocycles. The van der Waals surface area contributed by atoms with Gasteiger partial charge in [-0.05, 0) is 33.5 Å². The summed E-state index contributed by atoms with van der Waals surface area (Å²) >= 11 is 9.06. The highest BCUT2D eigenvalue weighted by Gasteiger charge is 2.09. The first-order valence-corrected chi connectivity index (χ1v) is 4.81. The van der Waals surface area contributed by atoms with Gasteiger partial charge in [0.25, 0.3) is 0 Å². The van der Waals surface area contributed by atoms with Crippen LogP contribution < -0.4 is 5.73 Å². The Morgan fingerprint density at radius 2 is 2.17 bits per heavy atom. The highest BCUT2D eigenvalue weighted by Crippen LogP contribution is 2.29. The van der Waals surface area contributed by atoms with E-state index in [2.05, 4.69) is 34.8 Å². The summed E-state index contributed by atoms with van der Waals surface area (Å²) < 4.78 is 0.727. The van der Waals surface area contributed by atoms with E-state index in [9.17, 15) is 0 Å². The largest absolute Gasteiger partial charge is 0.396 e. The highest BCUT2D eigenvalue weighted by molar-refractivity contribution is 9.10. The first-order valence-electron chi connectivity index (χ1n) is 3.63. The fourth-order valence-electron chi connectivity index (χ4n) is 0.989. The van der Waals surface area contributed by atoms with Crippen LogP contribution in [0, 0.1) is 0 Å². The summed E-state index contributed by atoms with van der Waals surface area (Å²) in [6, 6.07) is 1.89. The van der Waals surface area contributed by atoms with Crippen LogP contribution in [0.5, 0.6) is 0 Å². The molecule has 2 N–H and O–H groups in total. The van der Waals surface area contributed by atoms with Gasteiger partial charge in [0.15, 0.2) is 5.15 Å². The third-order valence-corrected chi connectivity index (χ3v) is 2.33. The molecule has 1 aromatic rings. The average molecular weight is 250 g/mol. The van der Waals surface area contributed by atoms with E-state index in [0.29, 0.717) is 16.8 Å². The second-order valence-electron chi connectivity index (χ2n) is 2.89. The lowest BCUT2D eigenvalue weighted by molar-refractivity contribution is 0.865. The molecule has 0 saturated heterocycles. The number of rotatable bonds is 1. The van der Waals surface area contributed by atoms with Gasteiger partial charge in [-0.1, -0.05) is 25.4 Å². The predicted octanol–water partition coefficient (Wildman–Crippen LogP) is 3.20. The second kappa shape index (κ2) is 3.62. The summed E-state index contributed by atoms with van der Waals surface area (Å²) in [7, 11) is 0. The Hall–Kier alpha value is -0.280. The topological polar surface area (TPSA) is 38.9 Å². The van der Waals surface area contributed by atoms with Crippen LogP contribution in [0.2, 0.25) is 5.15 Å². The van der Waals surface area contributed by atoms with Crippen LogP contribution >= 0.6 is 27.5 Å². The summed E-state index contributed by atoms with van der Waals surface area (Å²) in [5, 5.41) is 0.369. The van der Waals surface area contributed by atoms with Gasteiger partial charge in [-0.15, -0.1) is 0 Å². The molecule has 0 radical (unpaired) electrons.